The first-order valence-electron chi connectivity index (χ1n) is 5.97. The van der Waals surface area contributed by atoms with E-state index in [2.05, 4.69) is 21.2 Å². The lowest BCUT2D eigenvalue weighted by molar-refractivity contribution is -0.138. The molecule has 7 heteroatoms. The normalized spacial score (nSPS) is 11.5. The average molecular weight is 362 g/mol. The first-order valence-corrected chi connectivity index (χ1v) is 6.77. The van der Waals surface area contributed by atoms with E-state index in [-0.39, 0.29) is 16.6 Å². The van der Waals surface area contributed by atoms with Crippen molar-refractivity contribution in [3.8, 4) is 0 Å². The summed E-state index contributed by atoms with van der Waals surface area (Å²) in [6.45, 7) is 1.87. The van der Waals surface area contributed by atoms with E-state index < -0.39 is 17.6 Å². The average Bonchev–Trinajstić information content (AvgIpc) is 2.81. The second kappa shape index (κ2) is 5.93. The lowest BCUT2D eigenvalue weighted by atomic mass is 10.1. The van der Waals surface area contributed by atoms with E-state index in [9.17, 15) is 18.0 Å². The molecule has 1 N–H and O–H groups in total. The van der Waals surface area contributed by atoms with Crippen molar-refractivity contribution in [1.29, 1.82) is 0 Å². The maximum absolute atomic E-state index is 12.8. The Morgan fingerprint density at radius 2 is 2.00 bits per heavy atom. The van der Waals surface area contributed by atoms with Gasteiger partial charge in [-0.15, -0.1) is 0 Å². The monoisotopic (exact) mass is 361 g/mol. The van der Waals surface area contributed by atoms with Crippen LogP contribution in [0.4, 0.5) is 13.2 Å². The van der Waals surface area contributed by atoms with E-state index in [1.807, 2.05) is 0 Å². The van der Waals surface area contributed by atoms with Gasteiger partial charge in [-0.05, 0) is 37.3 Å². The number of hydrogen-bond acceptors (Lipinski definition) is 2. The third-order valence-corrected chi connectivity index (χ3v) is 3.44. The van der Waals surface area contributed by atoms with E-state index in [4.69, 9.17) is 4.42 Å². The van der Waals surface area contributed by atoms with Crippen LogP contribution < -0.4 is 5.32 Å². The fourth-order valence-electron chi connectivity index (χ4n) is 1.73. The van der Waals surface area contributed by atoms with Crippen LogP contribution in [-0.4, -0.2) is 5.91 Å². The van der Waals surface area contributed by atoms with Gasteiger partial charge in [0, 0.05) is 10.0 Å². The molecule has 0 saturated carbocycles. The number of aryl methyl sites for hydroxylation is 1. The molecule has 0 aliphatic rings. The molecule has 0 aliphatic heterocycles. The molecule has 0 radical (unpaired) electrons. The number of rotatable bonds is 3. The van der Waals surface area contributed by atoms with Crippen LogP contribution in [0.25, 0.3) is 0 Å². The molecule has 0 saturated heterocycles. The summed E-state index contributed by atoms with van der Waals surface area (Å²) in [5.41, 5.74) is -0.946. The fraction of sp³-hybridized carbons (Fsp3) is 0.214. The van der Waals surface area contributed by atoms with Crippen LogP contribution in [0.3, 0.4) is 0 Å². The number of furan rings is 1. The van der Waals surface area contributed by atoms with Gasteiger partial charge in [0.2, 0.25) is 0 Å². The summed E-state index contributed by atoms with van der Waals surface area (Å²) in [6, 6.07) is 6.77. The third kappa shape index (κ3) is 3.87. The topological polar surface area (TPSA) is 42.2 Å². The molecule has 0 aliphatic carbocycles. The van der Waals surface area contributed by atoms with Gasteiger partial charge in [-0.3, -0.25) is 4.79 Å². The Balaban J connectivity index is 2.12. The van der Waals surface area contributed by atoms with Crippen LogP contribution in [0.1, 0.15) is 27.4 Å². The summed E-state index contributed by atoms with van der Waals surface area (Å²) >= 11 is 2.83. The quantitative estimate of drug-likeness (QED) is 0.885. The Morgan fingerprint density at radius 1 is 1.29 bits per heavy atom. The fourth-order valence-corrected chi connectivity index (χ4v) is 2.20. The molecule has 0 bridgehead atoms. The summed E-state index contributed by atoms with van der Waals surface area (Å²) in [7, 11) is 0. The molecule has 0 spiro atoms. The Morgan fingerprint density at radius 3 is 2.57 bits per heavy atom. The molecule has 0 unspecified atom stereocenters. The van der Waals surface area contributed by atoms with Crippen LogP contribution in [0, 0.1) is 6.92 Å². The van der Waals surface area contributed by atoms with Crippen LogP contribution in [0.15, 0.2) is 39.2 Å². The van der Waals surface area contributed by atoms with Crippen LogP contribution in [0.5, 0.6) is 0 Å². The first-order chi connectivity index (χ1) is 9.77. The molecule has 1 heterocycles. The molecule has 0 fully saturated rings. The van der Waals surface area contributed by atoms with E-state index in [1.165, 1.54) is 12.1 Å². The van der Waals surface area contributed by atoms with Crippen molar-refractivity contribution in [3.05, 3.63) is 57.5 Å². The standard InChI is InChI=1S/C14H11BrF3NO2/c1-8-2-4-10(21-8)7-19-13(20)9-3-5-12(15)11(6-9)14(16,17)18/h2-6H,7H2,1H3,(H,19,20). The number of carbonyl (C=O) groups is 1. The summed E-state index contributed by atoms with van der Waals surface area (Å²) in [6.07, 6.45) is -4.52. The zero-order valence-corrected chi connectivity index (χ0v) is 12.5. The Bertz CT molecular complexity index is 664. The van der Waals surface area contributed by atoms with Crippen LogP contribution in [0.2, 0.25) is 0 Å². The predicted molar refractivity (Wildman–Crippen MR) is 73.8 cm³/mol. The van der Waals surface area contributed by atoms with Crippen molar-refractivity contribution in [2.24, 2.45) is 0 Å². The molecule has 1 amide bonds. The number of carbonyl (C=O) groups excluding carboxylic acids is 1. The van der Waals surface area contributed by atoms with Crippen molar-refractivity contribution < 1.29 is 22.4 Å². The smallest absolute Gasteiger partial charge is 0.417 e. The summed E-state index contributed by atoms with van der Waals surface area (Å²) in [5.74, 6) is 0.637. The highest BCUT2D eigenvalue weighted by molar-refractivity contribution is 9.10. The van der Waals surface area contributed by atoms with Crippen molar-refractivity contribution >= 4 is 21.8 Å². The summed E-state index contributed by atoms with van der Waals surface area (Å²) < 4.78 is 43.5. The van der Waals surface area contributed by atoms with Gasteiger partial charge in [-0.1, -0.05) is 15.9 Å². The zero-order chi connectivity index (χ0) is 15.6. The lowest BCUT2D eigenvalue weighted by Gasteiger charge is -2.11. The minimum atomic E-state index is -4.52. The molecule has 1 aromatic heterocycles. The second-order valence-corrected chi connectivity index (χ2v) is 5.24. The number of nitrogens with one attached hydrogen (secondary N) is 1. The molecular formula is C14H11BrF3NO2. The molecule has 112 valence electrons. The van der Waals surface area contributed by atoms with Crippen molar-refractivity contribution in [1.82, 2.24) is 5.32 Å². The van der Waals surface area contributed by atoms with Gasteiger partial charge in [0.15, 0.2) is 0 Å². The third-order valence-electron chi connectivity index (χ3n) is 2.75. The first kappa shape index (κ1) is 15.6. The SMILES string of the molecule is Cc1ccc(CNC(=O)c2ccc(Br)c(C(F)(F)F)c2)o1. The number of benzene rings is 1. The van der Waals surface area contributed by atoms with Crippen molar-refractivity contribution in [2.75, 3.05) is 0 Å². The lowest BCUT2D eigenvalue weighted by Crippen LogP contribution is -2.23. The molecule has 3 nitrogen and oxygen atoms in total. The van der Waals surface area contributed by atoms with Gasteiger partial charge in [0.1, 0.15) is 11.5 Å². The van der Waals surface area contributed by atoms with Crippen LogP contribution in [-0.2, 0) is 12.7 Å². The van der Waals surface area contributed by atoms with E-state index in [0.717, 1.165) is 6.07 Å². The molecule has 2 aromatic rings. The Labute approximate surface area is 127 Å². The molecule has 2 rings (SSSR count). The van der Waals surface area contributed by atoms with E-state index >= 15 is 0 Å². The predicted octanol–water partition coefficient (Wildman–Crippen LogP) is 4.30. The zero-order valence-electron chi connectivity index (χ0n) is 10.9. The van der Waals surface area contributed by atoms with Crippen molar-refractivity contribution in [3.63, 3.8) is 0 Å². The Kier molecular flexibility index (Phi) is 4.41. The number of amides is 1. The van der Waals surface area contributed by atoms with Crippen LogP contribution >= 0.6 is 15.9 Å². The van der Waals surface area contributed by atoms with Gasteiger partial charge in [-0.2, -0.15) is 13.2 Å². The Hall–Kier alpha value is -1.76. The molecule has 21 heavy (non-hydrogen) atoms. The van der Waals surface area contributed by atoms with Crippen molar-refractivity contribution in [2.45, 2.75) is 19.6 Å². The van der Waals surface area contributed by atoms with Gasteiger partial charge < -0.3 is 9.73 Å². The second-order valence-electron chi connectivity index (χ2n) is 4.39. The maximum atomic E-state index is 12.8. The number of alkyl halides is 3. The largest absolute Gasteiger partial charge is 0.465 e. The molecule has 0 atom stereocenters. The van der Waals surface area contributed by atoms with Gasteiger partial charge >= 0.3 is 6.18 Å². The summed E-state index contributed by atoms with van der Waals surface area (Å²) in [4.78, 5) is 11.9. The highest BCUT2D eigenvalue weighted by Crippen LogP contribution is 2.35. The molecule has 1 aromatic carbocycles. The maximum Gasteiger partial charge on any atom is 0.417 e. The molecular weight excluding hydrogens is 351 g/mol. The number of hydrogen-bond donors (Lipinski definition) is 1. The van der Waals surface area contributed by atoms with Gasteiger partial charge in [0.05, 0.1) is 12.1 Å². The minimum Gasteiger partial charge on any atom is -0.465 e. The number of halogens is 4. The van der Waals surface area contributed by atoms with Gasteiger partial charge in [0.25, 0.3) is 5.91 Å². The van der Waals surface area contributed by atoms with E-state index in [0.29, 0.717) is 11.5 Å². The minimum absolute atomic E-state index is 0.0613. The van der Waals surface area contributed by atoms with Gasteiger partial charge in [-0.25, -0.2) is 0 Å². The highest BCUT2D eigenvalue weighted by Gasteiger charge is 2.33. The summed E-state index contributed by atoms with van der Waals surface area (Å²) in [5, 5.41) is 2.51. The van der Waals surface area contributed by atoms with E-state index in [1.54, 1.807) is 19.1 Å². The highest BCUT2D eigenvalue weighted by atomic mass is 79.9.